The smallest absolute Gasteiger partial charge is 0.251 e. The summed E-state index contributed by atoms with van der Waals surface area (Å²) in [7, 11) is 0. The summed E-state index contributed by atoms with van der Waals surface area (Å²) in [5.74, 6) is 0.738. The van der Waals surface area contributed by atoms with Crippen LogP contribution in [0.25, 0.3) is 22.6 Å². The Morgan fingerprint density at radius 2 is 2.07 bits per heavy atom. The van der Waals surface area contributed by atoms with Crippen molar-refractivity contribution in [1.82, 2.24) is 19.9 Å². The number of hydrogen-bond donors (Lipinski definition) is 1. The molecule has 0 radical (unpaired) electrons. The number of carbonyl (C=O) groups excluding carboxylic acids is 1. The minimum Gasteiger partial charge on any atom is -0.347 e. The quantitative estimate of drug-likeness (QED) is 0.551. The zero-order valence-electron chi connectivity index (χ0n) is 15.2. The van der Waals surface area contributed by atoms with E-state index in [9.17, 15) is 4.79 Å². The van der Waals surface area contributed by atoms with Gasteiger partial charge >= 0.3 is 0 Å². The van der Waals surface area contributed by atoms with E-state index in [0.29, 0.717) is 12.1 Å². The van der Waals surface area contributed by atoms with Crippen molar-refractivity contribution in [1.29, 1.82) is 0 Å². The number of nitrogens with one attached hydrogen (secondary N) is 1. The molecule has 0 aliphatic rings. The molecule has 0 saturated heterocycles. The van der Waals surface area contributed by atoms with Crippen LogP contribution in [0.5, 0.6) is 0 Å². The van der Waals surface area contributed by atoms with E-state index in [4.69, 9.17) is 4.98 Å². The predicted octanol–water partition coefficient (Wildman–Crippen LogP) is 4.67. The van der Waals surface area contributed by atoms with Crippen molar-refractivity contribution in [3.63, 3.8) is 0 Å². The maximum atomic E-state index is 12.6. The van der Waals surface area contributed by atoms with E-state index in [1.165, 1.54) is 0 Å². The molecule has 6 heteroatoms. The van der Waals surface area contributed by atoms with Crippen molar-refractivity contribution in [2.75, 3.05) is 0 Å². The van der Waals surface area contributed by atoms with E-state index < -0.39 is 0 Å². The number of amides is 1. The minimum absolute atomic E-state index is 0.0874. The van der Waals surface area contributed by atoms with Crippen LogP contribution >= 0.6 is 11.3 Å². The SMILES string of the molecule is CC(C)n1c(-c2cccc(C(=O)NCc3cccs3)c2)nc2cccnc21. The number of benzene rings is 1. The van der Waals surface area contributed by atoms with E-state index in [1.54, 1.807) is 17.5 Å². The van der Waals surface area contributed by atoms with Crippen molar-refractivity contribution < 1.29 is 4.79 Å². The van der Waals surface area contributed by atoms with E-state index in [2.05, 4.69) is 28.7 Å². The molecule has 1 amide bonds. The van der Waals surface area contributed by atoms with Crippen molar-refractivity contribution in [2.45, 2.75) is 26.4 Å². The highest BCUT2D eigenvalue weighted by atomic mass is 32.1. The van der Waals surface area contributed by atoms with Crippen molar-refractivity contribution in [3.8, 4) is 11.4 Å². The molecule has 3 aromatic heterocycles. The second-order valence-electron chi connectivity index (χ2n) is 6.59. The highest BCUT2D eigenvalue weighted by molar-refractivity contribution is 7.09. The molecule has 0 saturated carbocycles. The molecule has 4 aromatic rings. The molecule has 0 aliphatic carbocycles. The second-order valence-corrected chi connectivity index (χ2v) is 7.62. The average Bonchev–Trinajstić information content (AvgIpc) is 3.33. The second kappa shape index (κ2) is 7.32. The molecule has 3 heterocycles. The predicted molar refractivity (Wildman–Crippen MR) is 109 cm³/mol. The zero-order chi connectivity index (χ0) is 18.8. The van der Waals surface area contributed by atoms with Gasteiger partial charge in [0.1, 0.15) is 11.3 Å². The molecule has 136 valence electrons. The van der Waals surface area contributed by atoms with Gasteiger partial charge in [0.2, 0.25) is 0 Å². The number of imidazole rings is 1. The first kappa shape index (κ1) is 17.4. The van der Waals surface area contributed by atoms with Crippen molar-refractivity contribution in [3.05, 3.63) is 70.5 Å². The molecule has 0 fully saturated rings. The molecule has 0 unspecified atom stereocenters. The lowest BCUT2D eigenvalue weighted by atomic mass is 10.1. The molecule has 5 nitrogen and oxygen atoms in total. The fraction of sp³-hybridized carbons (Fsp3) is 0.190. The summed E-state index contributed by atoms with van der Waals surface area (Å²) in [6.07, 6.45) is 1.78. The molecule has 0 spiro atoms. The normalized spacial score (nSPS) is 11.2. The Balaban J connectivity index is 1.67. The van der Waals surface area contributed by atoms with Crippen LogP contribution in [0.3, 0.4) is 0 Å². The van der Waals surface area contributed by atoms with Gasteiger partial charge in [-0.1, -0.05) is 18.2 Å². The van der Waals surface area contributed by atoms with Crippen LogP contribution in [0, 0.1) is 0 Å². The average molecular weight is 376 g/mol. The molecule has 0 bridgehead atoms. The Morgan fingerprint density at radius 3 is 2.85 bits per heavy atom. The van der Waals surface area contributed by atoms with Gasteiger partial charge in [-0.2, -0.15) is 0 Å². The Morgan fingerprint density at radius 1 is 1.19 bits per heavy atom. The number of hydrogen-bond acceptors (Lipinski definition) is 4. The summed E-state index contributed by atoms with van der Waals surface area (Å²) in [6, 6.07) is 15.6. The third kappa shape index (κ3) is 3.48. The monoisotopic (exact) mass is 376 g/mol. The van der Waals surface area contributed by atoms with E-state index in [1.807, 2.05) is 53.9 Å². The first-order valence-electron chi connectivity index (χ1n) is 8.87. The Labute approximate surface area is 161 Å². The molecule has 0 aliphatic heterocycles. The van der Waals surface area contributed by atoms with Crippen LogP contribution in [0.1, 0.15) is 35.1 Å². The number of rotatable bonds is 5. The lowest BCUT2D eigenvalue weighted by molar-refractivity contribution is 0.0951. The Kier molecular flexibility index (Phi) is 4.73. The van der Waals surface area contributed by atoms with Gasteiger partial charge in [-0.3, -0.25) is 4.79 Å². The summed E-state index contributed by atoms with van der Waals surface area (Å²) >= 11 is 1.63. The van der Waals surface area contributed by atoms with E-state index >= 15 is 0 Å². The number of carbonyl (C=O) groups is 1. The molecular weight excluding hydrogens is 356 g/mol. The molecular formula is C21H20N4OS. The first-order valence-corrected chi connectivity index (χ1v) is 9.75. The topological polar surface area (TPSA) is 59.8 Å². The molecule has 1 aromatic carbocycles. The fourth-order valence-electron chi connectivity index (χ4n) is 3.10. The van der Waals surface area contributed by atoms with Gasteiger partial charge in [0, 0.05) is 28.2 Å². The van der Waals surface area contributed by atoms with Crippen LogP contribution in [-0.2, 0) is 6.54 Å². The Bertz CT molecular complexity index is 1080. The van der Waals surface area contributed by atoms with Crippen molar-refractivity contribution in [2.24, 2.45) is 0 Å². The lowest BCUT2D eigenvalue weighted by Crippen LogP contribution is -2.22. The van der Waals surface area contributed by atoms with Gasteiger partial charge in [0.25, 0.3) is 5.91 Å². The standard InChI is InChI=1S/C21H20N4OS/c1-14(2)25-19(24-18-9-4-10-22-20(18)25)15-6-3-7-16(12-15)21(26)23-13-17-8-5-11-27-17/h3-12,14H,13H2,1-2H3,(H,23,26). The third-order valence-corrected chi connectivity index (χ3v) is 5.23. The van der Waals surface area contributed by atoms with Crippen molar-refractivity contribution >= 4 is 28.4 Å². The Hall–Kier alpha value is -2.99. The lowest BCUT2D eigenvalue weighted by Gasteiger charge is -2.13. The molecule has 27 heavy (non-hydrogen) atoms. The van der Waals surface area contributed by atoms with E-state index in [0.717, 1.165) is 27.4 Å². The summed E-state index contributed by atoms with van der Waals surface area (Å²) in [6.45, 7) is 4.75. The van der Waals surface area contributed by atoms with Gasteiger partial charge in [0.15, 0.2) is 5.65 Å². The molecule has 4 rings (SSSR count). The summed E-state index contributed by atoms with van der Waals surface area (Å²) in [4.78, 5) is 22.9. The number of aromatic nitrogens is 3. The van der Waals surface area contributed by atoms with Crippen LogP contribution < -0.4 is 5.32 Å². The third-order valence-electron chi connectivity index (χ3n) is 4.35. The summed E-state index contributed by atoms with van der Waals surface area (Å²) in [5.41, 5.74) is 3.24. The van der Waals surface area contributed by atoms with Crippen LogP contribution in [0.15, 0.2) is 60.1 Å². The fourth-order valence-corrected chi connectivity index (χ4v) is 3.75. The van der Waals surface area contributed by atoms with Crippen LogP contribution in [0.2, 0.25) is 0 Å². The maximum Gasteiger partial charge on any atom is 0.251 e. The van der Waals surface area contributed by atoms with Gasteiger partial charge in [-0.15, -0.1) is 11.3 Å². The van der Waals surface area contributed by atoms with Gasteiger partial charge in [-0.05, 0) is 49.6 Å². The maximum absolute atomic E-state index is 12.6. The van der Waals surface area contributed by atoms with Gasteiger partial charge in [0.05, 0.1) is 6.54 Å². The molecule has 0 atom stereocenters. The number of fused-ring (bicyclic) bond motifs is 1. The van der Waals surface area contributed by atoms with Gasteiger partial charge in [-0.25, -0.2) is 9.97 Å². The zero-order valence-corrected chi connectivity index (χ0v) is 16.0. The number of thiophene rings is 1. The highest BCUT2D eigenvalue weighted by Crippen LogP contribution is 2.27. The highest BCUT2D eigenvalue weighted by Gasteiger charge is 2.17. The first-order chi connectivity index (χ1) is 13.1. The van der Waals surface area contributed by atoms with Crippen LogP contribution in [0.4, 0.5) is 0 Å². The van der Waals surface area contributed by atoms with E-state index in [-0.39, 0.29) is 11.9 Å². The largest absolute Gasteiger partial charge is 0.347 e. The number of pyridine rings is 1. The summed E-state index contributed by atoms with van der Waals surface area (Å²) in [5, 5.41) is 4.98. The van der Waals surface area contributed by atoms with Crippen LogP contribution in [-0.4, -0.2) is 20.4 Å². The molecule has 1 N–H and O–H groups in total. The minimum atomic E-state index is -0.0874. The van der Waals surface area contributed by atoms with Gasteiger partial charge < -0.3 is 9.88 Å². The number of nitrogens with zero attached hydrogens (tertiary/aromatic N) is 3. The summed E-state index contributed by atoms with van der Waals surface area (Å²) < 4.78 is 2.11.